The molecule has 2 amide bonds. The standard InChI is InChI=1S/C6H12N2O4/c1-12-5-2-7(3-9)6(11)8(5)4-10/h5,9-10H,2-4H2,1H3. The van der Waals surface area contributed by atoms with Crippen LogP contribution in [0.1, 0.15) is 0 Å². The van der Waals surface area contributed by atoms with Crippen LogP contribution >= 0.6 is 0 Å². The van der Waals surface area contributed by atoms with E-state index in [4.69, 9.17) is 14.9 Å². The number of carbonyl (C=O) groups is 1. The van der Waals surface area contributed by atoms with Gasteiger partial charge in [-0.25, -0.2) is 4.79 Å². The second-order valence-electron chi connectivity index (χ2n) is 2.45. The van der Waals surface area contributed by atoms with Crippen LogP contribution in [0.15, 0.2) is 0 Å². The van der Waals surface area contributed by atoms with Crippen LogP contribution in [-0.4, -0.2) is 59.4 Å². The minimum absolute atomic E-state index is 0.284. The molecule has 12 heavy (non-hydrogen) atoms. The highest BCUT2D eigenvalue weighted by Gasteiger charge is 2.36. The van der Waals surface area contributed by atoms with Gasteiger partial charge in [-0.05, 0) is 0 Å². The molecule has 0 aromatic rings. The first-order valence-electron chi connectivity index (χ1n) is 3.54. The lowest BCUT2D eigenvalue weighted by Crippen LogP contribution is -2.36. The average molecular weight is 176 g/mol. The Morgan fingerprint density at radius 3 is 2.58 bits per heavy atom. The molecule has 0 bridgehead atoms. The van der Waals surface area contributed by atoms with Crippen LogP contribution in [0.4, 0.5) is 4.79 Å². The second-order valence-corrected chi connectivity index (χ2v) is 2.45. The summed E-state index contributed by atoms with van der Waals surface area (Å²) in [4.78, 5) is 13.5. The molecule has 6 nitrogen and oxygen atoms in total. The molecule has 1 saturated heterocycles. The lowest BCUT2D eigenvalue weighted by atomic mass is 10.5. The van der Waals surface area contributed by atoms with Crippen LogP contribution in [0.3, 0.4) is 0 Å². The molecule has 70 valence electrons. The molecular formula is C6H12N2O4. The SMILES string of the molecule is COC1CN(CO)C(=O)N1CO. The number of carbonyl (C=O) groups excluding carboxylic acids is 1. The van der Waals surface area contributed by atoms with Crippen LogP contribution in [0.2, 0.25) is 0 Å². The molecule has 1 fully saturated rings. The van der Waals surface area contributed by atoms with E-state index < -0.39 is 19.0 Å². The van der Waals surface area contributed by atoms with E-state index in [1.165, 1.54) is 12.0 Å². The molecule has 0 aromatic heterocycles. The Balaban J connectivity index is 2.65. The number of hydrogen-bond donors (Lipinski definition) is 2. The zero-order valence-electron chi connectivity index (χ0n) is 6.80. The molecule has 0 aliphatic carbocycles. The summed E-state index contributed by atoms with van der Waals surface area (Å²) in [5.74, 6) is 0. The lowest BCUT2D eigenvalue weighted by Gasteiger charge is -2.18. The molecule has 0 saturated carbocycles. The maximum atomic E-state index is 11.2. The van der Waals surface area contributed by atoms with Crippen LogP contribution in [0.25, 0.3) is 0 Å². The van der Waals surface area contributed by atoms with Gasteiger partial charge in [-0.15, -0.1) is 0 Å². The van der Waals surface area contributed by atoms with Crippen LogP contribution in [-0.2, 0) is 4.74 Å². The van der Waals surface area contributed by atoms with Crippen LogP contribution in [0.5, 0.6) is 0 Å². The number of methoxy groups -OCH3 is 1. The predicted molar refractivity (Wildman–Crippen MR) is 38.9 cm³/mol. The fourth-order valence-corrected chi connectivity index (χ4v) is 1.14. The highest BCUT2D eigenvalue weighted by atomic mass is 16.5. The van der Waals surface area contributed by atoms with E-state index in [2.05, 4.69) is 0 Å². The molecule has 1 rings (SSSR count). The molecule has 0 spiro atoms. The van der Waals surface area contributed by atoms with E-state index in [9.17, 15) is 4.79 Å². The van der Waals surface area contributed by atoms with Gasteiger partial charge in [-0.1, -0.05) is 0 Å². The molecule has 1 aliphatic rings. The van der Waals surface area contributed by atoms with Crippen molar-refractivity contribution in [2.45, 2.75) is 6.23 Å². The van der Waals surface area contributed by atoms with E-state index in [-0.39, 0.29) is 13.3 Å². The molecule has 1 atom stereocenters. The van der Waals surface area contributed by atoms with Gasteiger partial charge < -0.3 is 14.9 Å². The van der Waals surface area contributed by atoms with Crippen molar-refractivity contribution >= 4 is 6.03 Å². The summed E-state index contributed by atoms with van der Waals surface area (Å²) in [7, 11) is 1.45. The maximum Gasteiger partial charge on any atom is 0.325 e. The number of urea groups is 1. The fraction of sp³-hybridized carbons (Fsp3) is 0.833. The van der Waals surface area contributed by atoms with Crippen molar-refractivity contribution in [2.75, 3.05) is 27.1 Å². The first-order valence-corrected chi connectivity index (χ1v) is 3.54. The predicted octanol–water partition coefficient (Wildman–Crippen LogP) is -1.40. The summed E-state index contributed by atoms with van der Waals surface area (Å²) >= 11 is 0. The van der Waals surface area contributed by atoms with Crippen LogP contribution < -0.4 is 0 Å². The third-order valence-electron chi connectivity index (χ3n) is 1.84. The molecule has 1 aliphatic heterocycles. The van der Waals surface area contributed by atoms with Crippen molar-refractivity contribution < 1.29 is 19.7 Å². The van der Waals surface area contributed by atoms with Gasteiger partial charge in [0.1, 0.15) is 13.5 Å². The summed E-state index contributed by atoms with van der Waals surface area (Å²) < 4.78 is 4.91. The smallest absolute Gasteiger partial charge is 0.325 e. The molecule has 0 radical (unpaired) electrons. The van der Waals surface area contributed by atoms with Crippen molar-refractivity contribution in [1.29, 1.82) is 0 Å². The topological polar surface area (TPSA) is 73.2 Å². The Kier molecular flexibility index (Phi) is 2.85. The van der Waals surface area contributed by atoms with E-state index in [0.29, 0.717) is 0 Å². The maximum absolute atomic E-state index is 11.2. The normalized spacial score (nSPS) is 23.9. The van der Waals surface area contributed by atoms with Gasteiger partial charge in [0.15, 0.2) is 6.23 Å². The molecule has 0 aromatic carbocycles. The molecule has 6 heteroatoms. The summed E-state index contributed by atoms with van der Waals surface area (Å²) in [6, 6.07) is -0.410. The van der Waals surface area contributed by atoms with Crippen LogP contribution in [0, 0.1) is 0 Å². The highest BCUT2D eigenvalue weighted by molar-refractivity contribution is 5.76. The van der Waals surface area contributed by atoms with Crippen molar-refractivity contribution in [3.63, 3.8) is 0 Å². The zero-order valence-corrected chi connectivity index (χ0v) is 6.80. The summed E-state index contributed by atoms with van der Waals surface area (Å²) in [5, 5.41) is 17.5. The average Bonchev–Trinajstić information content (AvgIpc) is 2.41. The Morgan fingerprint density at radius 1 is 1.58 bits per heavy atom. The minimum Gasteiger partial charge on any atom is -0.376 e. The minimum atomic E-state index is -0.463. The first-order chi connectivity index (χ1) is 5.74. The Bertz CT molecular complexity index is 175. The van der Waals surface area contributed by atoms with Gasteiger partial charge in [0.2, 0.25) is 0 Å². The van der Waals surface area contributed by atoms with E-state index in [1.54, 1.807) is 0 Å². The third-order valence-corrected chi connectivity index (χ3v) is 1.84. The largest absolute Gasteiger partial charge is 0.376 e. The van der Waals surface area contributed by atoms with Gasteiger partial charge in [0.05, 0.1) is 6.54 Å². The van der Waals surface area contributed by atoms with Gasteiger partial charge in [0, 0.05) is 7.11 Å². The van der Waals surface area contributed by atoms with Gasteiger partial charge in [-0.2, -0.15) is 0 Å². The third kappa shape index (κ3) is 1.36. The van der Waals surface area contributed by atoms with Gasteiger partial charge in [-0.3, -0.25) is 9.80 Å². The van der Waals surface area contributed by atoms with Gasteiger partial charge >= 0.3 is 6.03 Å². The van der Waals surface area contributed by atoms with E-state index >= 15 is 0 Å². The van der Waals surface area contributed by atoms with Crippen molar-refractivity contribution in [3.05, 3.63) is 0 Å². The van der Waals surface area contributed by atoms with E-state index in [1.807, 2.05) is 0 Å². The number of amides is 2. The first kappa shape index (κ1) is 9.24. The quantitative estimate of drug-likeness (QED) is 0.554. The summed E-state index contributed by atoms with van der Waals surface area (Å²) in [6.07, 6.45) is -0.463. The molecule has 1 unspecified atom stereocenters. The second kappa shape index (κ2) is 3.70. The van der Waals surface area contributed by atoms with Crippen molar-refractivity contribution in [2.24, 2.45) is 0 Å². The van der Waals surface area contributed by atoms with Gasteiger partial charge in [0.25, 0.3) is 0 Å². The van der Waals surface area contributed by atoms with Crippen molar-refractivity contribution in [3.8, 4) is 0 Å². The van der Waals surface area contributed by atoms with E-state index in [0.717, 1.165) is 4.90 Å². The Morgan fingerprint density at radius 2 is 2.25 bits per heavy atom. The summed E-state index contributed by atoms with van der Waals surface area (Å²) in [5.41, 5.74) is 0. The number of ether oxygens (including phenoxy) is 1. The monoisotopic (exact) mass is 176 g/mol. The number of hydrogen-bond acceptors (Lipinski definition) is 4. The number of aliphatic hydroxyl groups excluding tert-OH is 2. The summed E-state index contributed by atoms with van der Waals surface area (Å²) in [6.45, 7) is -0.463. The zero-order chi connectivity index (χ0) is 9.14. The fourth-order valence-electron chi connectivity index (χ4n) is 1.14. The molecule has 1 heterocycles. The molecule has 2 N–H and O–H groups in total. The number of nitrogens with zero attached hydrogens (tertiary/aromatic N) is 2. The Hall–Kier alpha value is -0.850. The number of aliphatic hydroxyl groups is 2. The van der Waals surface area contributed by atoms with Crippen molar-refractivity contribution in [1.82, 2.24) is 9.80 Å². The lowest BCUT2D eigenvalue weighted by molar-refractivity contribution is -0.0193. The molecular weight excluding hydrogens is 164 g/mol. The Labute approximate surface area is 69.9 Å². The highest BCUT2D eigenvalue weighted by Crippen LogP contribution is 2.14. The number of rotatable bonds is 3.